The summed E-state index contributed by atoms with van der Waals surface area (Å²) in [6.07, 6.45) is 3.40. The number of amides is 1. The van der Waals surface area contributed by atoms with Gasteiger partial charge in [-0.15, -0.1) is 0 Å². The zero-order valence-electron chi connectivity index (χ0n) is 17.9. The molecule has 4 nitrogen and oxygen atoms in total. The molecular formula is C27H30N2O2. The molecule has 0 atom stereocenters. The zero-order chi connectivity index (χ0) is 21.3. The fourth-order valence-electron chi connectivity index (χ4n) is 4.12. The first-order valence-corrected chi connectivity index (χ1v) is 11.2. The Balaban J connectivity index is 1.15. The van der Waals surface area contributed by atoms with Crippen LogP contribution in [0.5, 0.6) is 11.5 Å². The van der Waals surface area contributed by atoms with E-state index >= 15 is 0 Å². The van der Waals surface area contributed by atoms with E-state index < -0.39 is 0 Å². The van der Waals surface area contributed by atoms with E-state index in [1.165, 1.54) is 18.4 Å². The maximum atomic E-state index is 12.4. The highest BCUT2D eigenvalue weighted by molar-refractivity contribution is 5.94. The van der Waals surface area contributed by atoms with Crippen molar-refractivity contribution in [3.8, 4) is 11.5 Å². The third-order valence-electron chi connectivity index (χ3n) is 5.89. The summed E-state index contributed by atoms with van der Waals surface area (Å²) in [6, 6.07) is 27.8. The SMILES string of the molecule is O=C(NCCCN1CCC(c2ccccc2)CC1)c1ccc(Oc2ccccc2)cc1. The van der Waals surface area contributed by atoms with Crippen molar-refractivity contribution >= 4 is 5.91 Å². The molecule has 0 radical (unpaired) electrons. The van der Waals surface area contributed by atoms with Gasteiger partial charge in [0.2, 0.25) is 0 Å². The second kappa shape index (κ2) is 10.8. The standard InChI is InChI=1S/C27H30N2O2/c30-27(24-12-14-26(15-13-24)31-25-10-5-2-6-11-25)28-18-7-19-29-20-16-23(17-21-29)22-8-3-1-4-9-22/h1-6,8-15,23H,7,16-21H2,(H,28,30). The van der Waals surface area contributed by atoms with Gasteiger partial charge < -0.3 is 15.0 Å². The largest absolute Gasteiger partial charge is 0.457 e. The average molecular weight is 415 g/mol. The Morgan fingerprint density at radius 2 is 1.45 bits per heavy atom. The quantitative estimate of drug-likeness (QED) is 0.496. The van der Waals surface area contributed by atoms with E-state index in [2.05, 4.69) is 40.5 Å². The third-order valence-corrected chi connectivity index (χ3v) is 5.89. The monoisotopic (exact) mass is 414 g/mol. The number of rotatable bonds is 8. The minimum Gasteiger partial charge on any atom is -0.457 e. The van der Waals surface area contributed by atoms with Crippen LogP contribution in [-0.2, 0) is 0 Å². The molecule has 0 saturated carbocycles. The van der Waals surface area contributed by atoms with E-state index in [1.54, 1.807) is 0 Å². The molecule has 1 heterocycles. The summed E-state index contributed by atoms with van der Waals surface area (Å²) < 4.78 is 5.78. The molecular weight excluding hydrogens is 384 g/mol. The molecule has 3 aromatic rings. The van der Waals surface area contributed by atoms with Crippen molar-refractivity contribution in [2.24, 2.45) is 0 Å². The second-order valence-corrected chi connectivity index (χ2v) is 8.08. The van der Waals surface area contributed by atoms with Crippen molar-refractivity contribution in [2.45, 2.75) is 25.2 Å². The van der Waals surface area contributed by atoms with Crippen LogP contribution in [0.1, 0.15) is 41.1 Å². The van der Waals surface area contributed by atoms with Crippen LogP contribution in [-0.4, -0.2) is 37.0 Å². The Hall–Kier alpha value is -3.11. The topological polar surface area (TPSA) is 41.6 Å². The van der Waals surface area contributed by atoms with Crippen molar-refractivity contribution in [3.63, 3.8) is 0 Å². The molecule has 4 rings (SSSR count). The van der Waals surface area contributed by atoms with E-state index in [-0.39, 0.29) is 5.91 Å². The smallest absolute Gasteiger partial charge is 0.251 e. The molecule has 1 aliphatic rings. The summed E-state index contributed by atoms with van der Waals surface area (Å²) in [5.41, 5.74) is 2.12. The molecule has 0 aromatic heterocycles. The number of hydrogen-bond donors (Lipinski definition) is 1. The Morgan fingerprint density at radius 1 is 0.839 bits per heavy atom. The molecule has 1 N–H and O–H groups in total. The van der Waals surface area contributed by atoms with Gasteiger partial charge in [-0.05, 0) is 86.8 Å². The van der Waals surface area contributed by atoms with E-state index in [4.69, 9.17) is 4.74 Å². The molecule has 0 unspecified atom stereocenters. The Labute approximate surface area is 184 Å². The van der Waals surface area contributed by atoms with Crippen molar-refractivity contribution in [2.75, 3.05) is 26.2 Å². The van der Waals surface area contributed by atoms with Gasteiger partial charge in [0.05, 0.1) is 0 Å². The first-order chi connectivity index (χ1) is 15.3. The molecule has 3 aromatic carbocycles. The number of likely N-dealkylation sites (tertiary alicyclic amines) is 1. The van der Waals surface area contributed by atoms with Crippen LogP contribution in [0.15, 0.2) is 84.9 Å². The Bertz CT molecular complexity index is 934. The van der Waals surface area contributed by atoms with Crippen molar-refractivity contribution in [1.29, 1.82) is 0 Å². The number of hydrogen-bond acceptors (Lipinski definition) is 3. The van der Waals surface area contributed by atoms with Crippen LogP contribution in [0.3, 0.4) is 0 Å². The predicted octanol–water partition coefficient (Wildman–Crippen LogP) is 5.48. The molecule has 31 heavy (non-hydrogen) atoms. The van der Waals surface area contributed by atoms with E-state index in [0.717, 1.165) is 37.6 Å². The summed E-state index contributed by atoms with van der Waals surface area (Å²) in [4.78, 5) is 14.9. The van der Waals surface area contributed by atoms with E-state index in [0.29, 0.717) is 18.0 Å². The van der Waals surface area contributed by atoms with Gasteiger partial charge in [-0.1, -0.05) is 48.5 Å². The van der Waals surface area contributed by atoms with Gasteiger partial charge in [0.15, 0.2) is 0 Å². The normalized spacial score (nSPS) is 14.8. The molecule has 160 valence electrons. The van der Waals surface area contributed by atoms with Gasteiger partial charge >= 0.3 is 0 Å². The lowest BCUT2D eigenvalue weighted by Crippen LogP contribution is -2.35. The number of ether oxygens (including phenoxy) is 1. The fourth-order valence-corrected chi connectivity index (χ4v) is 4.12. The summed E-state index contributed by atoms with van der Waals surface area (Å²) in [5.74, 6) is 2.16. The number of benzene rings is 3. The van der Waals surface area contributed by atoms with Crippen LogP contribution in [0.4, 0.5) is 0 Å². The number of para-hydroxylation sites is 1. The van der Waals surface area contributed by atoms with E-state index in [1.807, 2.05) is 54.6 Å². The lowest BCUT2D eigenvalue weighted by molar-refractivity contribution is 0.0951. The van der Waals surface area contributed by atoms with Crippen LogP contribution in [0, 0.1) is 0 Å². The van der Waals surface area contributed by atoms with Crippen molar-refractivity contribution < 1.29 is 9.53 Å². The van der Waals surface area contributed by atoms with E-state index in [9.17, 15) is 4.79 Å². The summed E-state index contributed by atoms with van der Waals surface area (Å²) in [7, 11) is 0. The van der Waals surface area contributed by atoms with Crippen molar-refractivity contribution in [1.82, 2.24) is 10.2 Å². The first-order valence-electron chi connectivity index (χ1n) is 11.2. The highest BCUT2D eigenvalue weighted by Gasteiger charge is 2.19. The lowest BCUT2D eigenvalue weighted by atomic mass is 9.89. The van der Waals surface area contributed by atoms with Gasteiger partial charge in [-0.2, -0.15) is 0 Å². The molecule has 0 aliphatic carbocycles. The highest BCUT2D eigenvalue weighted by Crippen LogP contribution is 2.27. The fraction of sp³-hybridized carbons (Fsp3) is 0.296. The van der Waals surface area contributed by atoms with Crippen molar-refractivity contribution in [3.05, 3.63) is 96.1 Å². The minimum absolute atomic E-state index is 0.0333. The van der Waals surface area contributed by atoms with Crippen LogP contribution in [0.25, 0.3) is 0 Å². The minimum atomic E-state index is -0.0333. The number of nitrogens with one attached hydrogen (secondary N) is 1. The number of carbonyl (C=O) groups excluding carboxylic acids is 1. The Morgan fingerprint density at radius 3 is 2.13 bits per heavy atom. The average Bonchev–Trinajstić information content (AvgIpc) is 2.84. The number of carbonyl (C=O) groups is 1. The molecule has 0 bridgehead atoms. The Kier molecular flexibility index (Phi) is 7.35. The van der Waals surface area contributed by atoms with Crippen LogP contribution >= 0.6 is 0 Å². The molecule has 4 heteroatoms. The van der Waals surface area contributed by atoms with Gasteiger partial charge in [-0.25, -0.2) is 0 Å². The molecule has 1 saturated heterocycles. The predicted molar refractivity (Wildman–Crippen MR) is 125 cm³/mol. The summed E-state index contributed by atoms with van der Waals surface area (Å²) in [6.45, 7) is 4.00. The highest BCUT2D eigenvalue weighted by atomic mass is 16.5. The van der Waals surface area contributed by atoms with Crippen LogP contribution in [0.2, 0.25) is 0 Å². The molecule has 0 spiro atoms. The van der Waals surface area contributed by atoms with Crippen LogP contribution < -0.4 is 10.1 Å². The van der Waals surface area contributed by atoms with Gasteiger partial charge in [0.25, 0.3) is 5.91 Å². The molecule has 1 amide bonds. The van der Waals surface area contributed by atoms with Gasteiger partial charge in [0, 0.05) is 12.1 Å². The zero-order valence-corrected chi connectivity index (χ0v) is 17.9. The third kappa shape index (κ3) is 6.19. The maximum Gasteiger partial charge on any atom is 0.251 e. The van der Waals surface area contributed by atoms with Gasteiger partial charge in [-0.3, -0.25) is 4.79 Å². The first kappa shape index (κ1) is 21.1. The summed E-state index contributed by atoms with van der Waals surface area (Å²) >= 11 is 0. The number of piperidine rings is 1. The number of nitrogens with zero attached hydrogens (tertiary/aromatic N) is 1. The second-order valence-electron chi connectivity index (χ2n) is 8.08. The maximum absolute atomic E-state index is 12.4. The summed E-state index contributed by atoms with van der Waals surface area (Å²) in [5, 5.41) is 3.04. The lowest BCUT2D eigenvalue weighted by Gasteiger charge is -2.32. The van der Waals surface area contributed by atoms with Gasteiger partial charge in [0.1, 0.15) is 11.5 Å². The molecule has 1 aliphatic heterocycles. The molecule has 1 fully saturated rings.